The number of hydrogen-bond acceptors (Lipinski definition) is 7. The maximum atomic E-state index is 14.5. The van der Waals surface area contributed by atoms with Crippen LogP contribution in [0.4, 0.5) is 11.4 Å². The monoisotopic (exact) mass is 686 g/mol. The van der Waals surface area contributed by atoms with E-state index in [0.717, 1.165) is 46.6 Å². The van der Waals surface area contributed by atoms with Gasteiger partial charge in [-0.1, -0.05) is 71.5 Å². The highest BCUT2D eigenvalue weighted by molar-refractivity contribution is 7.07. The van der Waals surface area contributed by atoms with Crippen LogP contribution in [0, 0.1) is 13.8 Å². The molecule has 4 aromatic carbocycles. The van der Waals surface area contributed by atoms with Crippen molar-refractivity contribution in [1.29, 1.82) is 0 Å². The second-order valence-electron chi connectivity index (χ2n) is 12.3. The van der Waals surface area contributed by atoms with E-state index < -0.39 is 6.04 Å². The molecule has 1 aliphatic heterocycles. The molecule has 0 fully saturated rings. The molecule has 2 heterocycles. The number of anilines is 2. The Morgan fingerprint density at radius 3 is 2.38 bits per heavy atom. The minimum absolute atomic E-state index is 0.235. The summed E-state index contributed by atoms with van der Waals surface area (Å²) in [5.41, 5.74) is 7.14. The van der Waals surface area contributed by atoms with Gasteiger partial charge in [0.05, 0.1) is 29.0 Å². The Morgan fingerprint density at radius 1 is 0.960 bits per heavy atom. The van der Waals surface area contributed by atoms with Crippen molar-refractivity contribution in [2.24, 2.45) is 4.99 Å². The number of aryl methyl sites for hydroxylation is 2. The van der Waals surface area contributed by atoms with Gasteiger partial charge in [-0.3, -0.25) is 14.2 Å². The fourth-order valence-corrected chi connectivity index (χ4v) is 7.32. The minimum atomic E-state index is -0.705. The van der Waals surface area contributed by atoms with Gasteiger partial charge in [-0.15, -0.1) is 0 Å². The zero-order valence-corrected chi connectivity index (χ0v) is 30.1. The van der Waals surface area contributed by atoms with Crippen molar-refractivity contribution >= 4 is 34.7 Å². The summed E-state index contributed by atoms with van der Waals surface area (Å²) in [6, 6.07) is 28.8. The number of aromatic nitrogens is 1. The second-order valence-corrected chi connectivity index (χ2v) is 13.3. The second kappa shape index (κ2) is 15.0. The lowest BCUT2D eigenvalue weighted by Crippen LogP contribution is -2.40. The highest BCUT2D eigenvalue weighted by Crippen LogP contribution is 2.33. The fourth-order valence-electron chi connectivity index (χ4n) is 6.29. The topological polar surface area (TPSA) is 85.2 Å². The quantitative estimate of drug-likeness (QED) is 0.163. The van der Waals surface area contributed by atoms with Crippen molar-refractivity contribution in [3.8, 4) is 11.5 Å². The third kappa shape index (κ3) is 7.14. The molecule has 1 amide bonds. The molecule has 1 aromatic heterocycles. The summed E-state index contributed by atoms with van der Waals surface area (Å²) < 4.78 is 14.0. The molecule has 1 atom stereocenters. The first-order valence-electron chi connectivity index (χ1n) is 16.8. The zero-order chi connectivity index (χ0) is 35.4. The summed E-state index contributed by atoms with van der Waals surface area (Å²) in [5.74, 6) is 1.05. The molecule has 1 aliphatic rings. The summed E-state index contributed by atoms with van der Waals surface area (Å²) in [6.45, 7) is 12.2. The van der Waals surface area contributed by atoms with E-state index in [9.17, 15) is 9.59 Å². The van der Waals surface area contributed by atoms with Gasteiger partial charge in [0.25, 0.3) is 11.5 Å². The number of nitrogens with zero attached hydrogens (tertiary/aromatic N) is 3. The minimum Gasteiger partial charge on any atom is -0.497 e. The van der Waals surface area contributed by atoms with Gasteiger partial charge in [0.1, 0.15) is 18.1 Å². The predicted octanol–water partition coefficient (Wildman–Crippen LogP) is 6.92. The first-order valence-corrected chi connectivity index (χ1v) is 17.6. The Morgan fingerprint density at radius 2 is 1.70 bits per heavy atom. The Bertz CT molecular complexity index is 2230. The van der Waals surface area contributed by atoms with Crippen LogP contribution in [0.5, 0.6) is 11.5 Å². The van der Waals surface area contributed by atoms with Crippen molar-refractivity contribution in [3.05, 3.63) is 150 Å². The van der Waals surface area contributed by atoms with Gasteiger partial charge in [0.2, 0.25) is 0 Å². The van der Waals surface area contributed by atoms with E-state index in [1.54, 1.807) is 11.7 Å². The zero-order valence-electron chi connectivity index (χ0n) is 29.3. The van der Waals surface area contributed by atoms with Crippen LogP contribution in [0.2, 0.25) is 0 Å². The number of methoxy groups -OCH3 is 1. The number of fused-ring (bicyclic) bond motifs is 1. The third-order valence-corrected chi connectivity index (χ3v) is 9.96. The van der Waals surface area contributed by atoms with Crippen LogP contribution in [0.15, 0.2) is 112 Å². The van der Waals surface area contributed by atoms with Crippen LogP contribution in [-0.4, -0.2) is 30.7 Å². The van der Waals surface area contributed by atoms with Gasteiger partial charge in [-0.05, 0) is 87.7 Å². The van der Waals surface area contributed by atoms with Crippen molar-refractivity contribution in [2.75, 3.05) is 30.4 Å². The van der Waals surface area contributed by atoms with Gasteiger partial charge in [0.15, 0.2) is 4.80 Å². The highest BCUT2D eigenvalue weighted by atomic mass is 32.1. The molecule has 1 N–H and O–H groups in total. The molecule has 5 aromatic rings. The lowest BCUT2D eigenvalue weighted by Gasteiger charge is -2.25. The molecule has 0 bridgehead atoms. The van der Waals surface area contributed by atoms with Crippen LogP contribution >= 0.6 is 11.3 Å². The van der Waals surface area contributed by atoms with Crippen molar-refractivity contribution < 1.29 is 14.3 Å². The molecule has 50 heavy (non-hydrogen) atoms. The highest BCUT2D eigenvalue weighted by Gasteiger charge is 2.33. The van der Waals surface area contributed by atoms with E-state index in [1.807, 2.05) is 112 Å². The summed E-state index contributed by atoms with van der Waals surface area (Å²) in [7, 11) is 1.61. The van der Waals surface area contributed by atoms with Gasteiger partial charge < -0.3 is 19.7 Å². The first-order chi connectivity index (χ1) is 24.2. The van der Waals surface area contributed by atoms with Gasteiger partial charge in [-0.2, -0.15) is 0 Å². The van der Waals surface area contributed by atoms with Crippen LogP contribution in [0.1, 0.15) is 54.6 Å². The smallest absolute Gasteiger partial charge is 0.271 e. The molecule has 8 nitrogen and oxygen atoms in total. The van der Waals surface area contributed by atoms with Crippen LogP contribution < -0.4 is 34.6 Å². The van der Waals surface area contributed by atoms with Crippen LogP contribution in [0.25, 0.3) is 6.08 Å². The standard InChI is InChI=1S/C41H42N4O4S/c1-7-44(8-2)32-18-15-31(35(24-32)49-25-29-12-10-9-11-13-29)23-36-40(47)45-38(30-16-19-33(48-6)20-17-30)37(28(5)42-41(45)50-36)39(46)43-34-21-14-26(3)22-27(34)4/h9-24,38H,7-8,25H2,1-6H3,(H,43,46)/b36-23-/t38-/m1/s1. The Balaban J connectivity index is 1.46. The number of allylic oxidation sites excluding steroid dienone is 1. The maximum Gasteiger partial charge on any atom is 0.271 e. The van der Waals surface area contributed by atoms with Crippen LogP contribution in [-0.2, 0) is 11.4 Å². The van der Waals surface area contributed by atoms with Gasteiger partial charge in [0, 0.05) is 36.1 Å². The van der Waals surface area contributed by atoms with Crippen LogP contribution in [0.3, 0.4) is 0 Å². The fraction of sp³-hybridized carbons (Fsp3) is 0.244. The number of amides is 1. The largest absolute Gasteiger partial charge is 0.497 e. The molecule has 6 rings (SSSR count). The average molecular weight is 687 g/mol. The number of carbonyl (C=O) groups excluding carboxylic acids is 1. The summed E-state index contributed by atoms with van der Waals surface area (Å²) >= 11 is 1.30. The van der Waals surface area contributed by atoms with E-state index in [4.69, 9.17) is 14.5 Å². The molecular formula is C41H42N4O4S. The third-order valence-electron chi connectivity index (χ3n) is 8.98. The number of nitrogens with one attached hydrogen (secondary N) is 1. The van der Waals surface area contributed by atoms with E-state index >= 15 is 0 Å². The van der Waals surface area contributed by atoms with Gasteiger partial charge >= 0.3 is 0 Å². The number of carbonyl (C=O) groups is 1. The molecule has 0 unspecified atom stereocenters. The SMILES string of the molecule is CCN(CC)c1ccc(/C=c2\sc3n(c2=O)[C@H](c2ccc(OC)cc2)C(C(=O)Nc2ccc(C)cc2C)=C(C)N=3)c(OCc2ccccc2)c1. The average Bonchev–Trinajstić information content (AvgIpc) is 3.43. The Hall–Kier alpha value is -5.41. The van der Waals surface area contributed by atoms with E-state index in [1.165, 1.54) is 11.3 Å². The number of thiazole rings is 1. The summed E-state index contributed by atoms with van der Waals surface area (Å²) in [4.78, 5) is 36.2. The normalized spacial score (nSPS) is 14.2. The molecular weight excluding hydrogens is 645 g/mol. The lowest BCUT2D eigenvalue weighted by molar-refractivity contribution is -0.113. The predicted molar refractivity (Wildman–Crippen MR) is 202 cm³/mol. The Labute approximate surface area is 296 Å². The number of rotatable bonds is 11. The first kappa shape index (κ1) is 34.5. The summed E-state index contributed by atoms with van der Waals surface area (Å²) in [6.07, 6.45) is 1.87. The lowest BCUT2D eigenvalue weighted by atomic mass is 9.95. The number of ether oxygens (including phenoxy) is 2. The molecule has 0 aliphatic carbocycles. The van der Waals surface area contributed by atoms with E-state index in [-0.39, 0.29) is 11.5 Å². The molecule has 0 saturated heterocycles. The molecule has 0 radical (unpaired) electrons. The number of benzene rings is 4. The van der Waals surface area contributed by atoms with Gasteiger partial charge in [-0.25, -0.2) is 4.99 Å². The summed E-state index contributed by atoms with van der Waals surface area (Å²) in [5, 5.41) is 3.09. The molecule has 0 saturated carbocycles. The number of hydrogen-bond donors (Lipinski definition) is 1. The molecule has 256 valence electrons. The molecule has 0 spiro atoms. The maximum absolute atomic E-state index is 14.5. The van der Waals surface area contributed by atoms with Crippen molar-refractivity contribution in [1.82, 2.24) is 4.57 Å². The van der Waals surface area contributed by atoms with E-state index in [0.29, 0.717) is 44.4 Å². The van der Waals surface area contributed by atoms with Crippen molar-refractivity contribution in [2.45, 2.75) is 47.3 Å². The van der Waals surface area contributed by atoms with Crippen molar-refractivity contribution in [3.63, 3.8) is 0 Å². The Kier molecular flexibility index (Phi) is 10.3. The van der Waals surface area contributed by atoms with E-state index in [2.05, 4.69) is 30.1 Å². The molecule has 9 heteroatoms.